The van der Waals surface area contributed by atoms with Crippen LogP contribution in [-0.2, 0) is 17.1 Å². The molecule has 1 N–H and O–H groups in total. The second kappa shape index (κ2) is 5.42. The fourth-order valence-corrected chi connectivity index (χ4v) is 3.64. The van der Waals surface area contributed by atoms with Gasteiger partial charge in [0.05, 0.1) is 4.90 Å². The third-order valence-electron chi connectivity index (χ3n) is 3.49. The van der Waals surface area contributed by atoms with Crippen LogP contribution in [0.2, 0.25) is 0 Å². The molecule has 0 aliphatic carbocycles. The van der Waals surface area contributed by atoms with Gasteiger partial charge in [0.2, 0.25) is 10.0 Å². The monoisotopic (exact) mass is 271 g/mol. The van der Waals surface area contributed by atoms with Crippen LogP contribution in [0.3, 0.4) is 0 Å². The number of sulfonamides is 1. The number of rotatable bonds is 4. The lowest BCUT2D eigenvalue weighted by Gasteiger charge is -2.26. The van der Waals surface area contributed by atoms with Crippen LogP contribution in [0.15, 0.2) is 23.4 Å². The first-order valence-electron chi connectivity index (χ1n) is 6.29. The lowest BCUT2D eigenvalue weighted by atomic mass is 9.98. The molecule has 0 radical (unpaired) electrons. The Morgan fingerprint density at radius 1 is 1.44 bits per heavy atom. The van der Waals surface area contributed by atoms with Gasteiger partial charge >= 0.3 is 0 Å². The third-order valence-corrected chi connectivity index (χ3v) is 5.29. The zero-order valence-corrected chi connectivity index (χ0v) is 11.8. The highest BCUT2D eigenvalue weighted by atomic mass is 32.2. The molecule has 0 spiro atoms. The van der Waals surface area contributed by atoms with Crippen molar-refractivity contribution >= 4 is 10.0 Å². The summed E-state index contributed by atoms with van der Waals surface area (Å²) in [6.45, 7) is 2.59. The van der Waals surface area contributed by atoms with Crippen LogP contribution in [0.4, 0.5) is 0 Å². The zero-order chi connectivity index (χ0) is 13.2. The van der Waals surface area contributed by atoms with Crippen LogP contribution in [0.25, 0.3) is 0 Å². The summed E-state index contributed by atoms with van der Waals surface area (Å²) in [5, 5.41) is 3.29. The number of hydrogen-bond donors (Lipinski definition) is 1. The van der Waals surface area contributed by atoms with Crippen molar-refractivity contribution in [2.24, 2.45) is 13.0 Å². The van der Waals surface area contributed by atoms with Gasteiger partial charge in [-0.05, 0) is 37.9 Å². The number of aryl methyl sites for hydroxylation is 1. The van der Waals surface area contributed by atoms with Crippen LogP contribution in [-0.4, -0.2) is 44.0 Å². The summed E-state index contributed by atoms with van der Waals surface area (Å²) in [6, 6.07) is 1.65. The van der Waals surface area contributed by atoms with Crippen molar-refractivity contribution in [1.29, 1.82) is 0 Å². The summed E-state index contributed by atoms with van der Waals surface area (Å²) in [5.41, 5.74) is 0. The molecule has 0 saturated carbocycles. The molecule has 0 unspecified atom stereocenters. The average molecular weight is 271 g/mol. The van der Waals surface area contributed by atoms with Crippen molar-refractivity contribution in [3.63, 3.8) is 0 Å². The molecule has 0 atom stereocenters. The zero-order valence-electron chi connectivity index (χ0n) is 11.0. The van der Waals surface area contributed by atoms with Gasteiger partial charge in [-0.15, -0.1) is 0 Å². The maximum absolute atomic E-state index is 12.3. The molecular weight excluding hydrogens is 250 g/mol. The van der Waals surface area contributed by atoms with Crippen LogP contribution in [0.5, 0.6) is 0 Å². The van der Waals surface area contributed by atoms with Crippen molar-refractivity contribution in [3.05, 3.63) is 18.5 Å². The minimum Gasteiger partial charge on any atom is -0.356 e. The first kappa shape index (κ1) is 13.6. The van der Waals surface area contributed by atoms with Crippen LogP contribution >= 0.6 is 0 Å². The van der Waals surface area contributed by atoms with Crippen molar-refractivity contribution in [1.82, 2.24) is 14.2 Å². The Labute approximate surface area is 109 Å². The van der Waals surface area contributed by atoms with Crippen LogP contribution in [0, 0.1) is 5.92 Å². The second-order valence-electron chi connectivity index (χ2n) is 4.99. The molecule has 1 aliphatic rings. The van der Waals surface area contributed by atoms with E-state index in [4.69, 9.17) is 0 Å². The quantitative estimate of drug-likeness (QED) is 0.874. The predicted octanol–water partition coefficient (Wildman–Crippen LogP) is 0.645. The predicted molar refractivity (Wildman–Crippen MR) is 70.8 cm³/mol. The highest BCUT2D eigenvalue weighted by Gasteiger charge is 2.25. The molecule has 1 fully saturated rings. The Balaban J connectivity index is 2.05. The molecule has 1 aromatic heterocycles. The van der Waals surface area contributed by atoms with E-state index in [1.54, 1.807) is 30.1 Å². The van der Waals surface area contributed by atoms with Crippen LogP contribution in [0.1, 0.15) is 12.8 Å². The molecule has 0 bridgehead atoms. The van der Waals surface area contributed by atoms with Gasteiger partial charge in [-0.3, -0.25) is 0 Å². The van der Waals surface area contributed by atoms with Gasteiger partial charge in [0.25, 0.3) is 0 Å². The summed E-state index contributed by atoms with van der Waals surface area (Å²) in [7, 11) is 0.171. The summed E-state index contributed by atoms with van der Waals surface area (Å²) in [6.07, 6.45) is 5.50. The molecule has 1 saturated heterocycles. The van der Waals surface area contributed by atoms with Gasteiger partial charge in [-0.25, -0.2) is 12.7 Å². The van der Waals surface area contributed by atoms with E-state index in [1.165, 1.54) is 4.31 Å². The molecule has 5 nitrogen and oxygen atoms in total. The molecule has 0 amide bonds. The molecule has 102 valence electrons. The van der Waals surface area contributed by atoms with Gasteiger partial charge in [0.15, 0.2) is 0 Å². The van der Waals surface area contributed by atoms with E-state index in [-0.39, 0.29) is 0 Å². The van der Waals surface area contributed by atoms with Crippen LogP contribution < -0.4 is 5.32 Å². The maximum Gasteiger partial charge on any atom is 0.244 e. The summed E-state index contributed by atoms with van der Waals surface area (Å²) in [5.74, 6) is 0.467. The second-order valence-corrected chi connectivity index (χ2v) is 7.04. The van der Waals surface area contributed by atoms with Crippen molar-refractivity contribution < 1.29 is 8.42 Å². The number of nitrogens with one attached hydrogen (secondary N) is 1. The van der Waals surface area contributed by atoms with Gasteiger partial charge in [-0.2, -0.15) is 0 Å². The van der Waals surface area contributed by atoms with Gasteiger partial charge in [0, 0.05) is 33.0 Å². The van der Waals surface area contributed by atoms with E-state index in [2.05, 4.69) is 5.32 Å². The molecule has 1 aliphatic heterocycles. The lowest BCUT2D eigenvalue weighted by Crippen LogP contribution is -2.37. The lowest BCUT2D eigenvalue weighted by molar-refractivity contribution is 0.311. The molecule has 6 heteroatoms. The first-order chi connectivity index (χ1) is 8.50. The smallest absolute Gasteiger partial charge is 0.244 e. The third kappa shape index (κ3) is 2.93. The minimum atomic E-state index is -3.33. The topological polar surface area (TPSA) is 54.3 Å². The fourth-order valence-electron chi connectivity index (χ4n) is 2.34. The van der Waals surface area contributed by atoms with E-state index < -0.39 is 10.0 Å². The van der Waals surface area contributed by atoms with E-state index >= 15 is 0 Å². The van der Waals surface area contributed by atoms with Crippen molar-refractivity contribution in [3.8, 4) is 0 Å². The van der Waals surface area contributed by atoms with E-state index in [0.717, 1.165) is 25.9 Å². The molecule has 0 aromatic carbocycles. The van der Waals surface area contributed by atoms with E-state index in [9.17, 15) is 8.42 Å². The Bertz CT molecular complexity index is 489. The molecular formula is C12H21N3O2S. The highest BCUT2D eigenvalue weighted by Crippen LogP contribution is 2.19. The number of nitrogens with zero attached hydrogens (tertiary/aromatic N) is 2. The van der Waals surface area contributed by atoms with Crippen molar-refractivity contribution in [2.75, 3.05) is 26.7 Å². The molecule has 2 rings (SSSR count). The van der Waals surface area contributed by atoms with E-state index in [1.807, 2.05) is 7.05 Å². The average Bonchev–Trinajstić information content (AvgIpc) is 2.78. The number of hydrogen-bond acceptors (Lipinski definition) is 3. The number of piperidine rings is 1. The van der Waals surface area contributed by atoms with E-state index in [0.29, 0.717) is 17.4 Å². The fraction of sp³-hybridized carbons (Fsp3) is 0.667. The Morgan fingerprint density at radius 3 is 2.67 bits per heavy atom. The van der Waals surface area contributed by atoms with Gasteiger partial charge < -0.3 is 9.88 Å². The highest BCUT2D eigenvalue weighted by molar-refractivity contribution is 7.89. The largest absolute Gasteiger partial charge is 0.356 e. The summed E-state index contributed by atoms with van der Waals surface area (Å²) >= 11 is 0. The first-order valence-corrected chi connectivity index (χ1v) is 7.73. The van der Waals surface area contributed by atoms with Gasteiger partial charge in [0.1, 0.15) is 0 Å². The maximum atomic E-state index is 12.3. The van der Waals surface area contributed by atoms with Gasteiger partial charge in [-0.1, -0.05) is 0 Å². The molecule has 2 heterocycles. The van der Waals surface area contributed by atoms with Crippen molar-refractivity contribution in [2.45, 2.75) is 17.7 Å². The Morgan fingerprint density at radius 2 is 2.11 bits per heavy atom. The normalized spacial score (nSPS) is 18.4. The molecule has 1 aromatic rings. The summed E-state index contributed by atoms with van der Waals surface area (Å²) < 4.78 is 27.9. The SMILES string of the molecule is CN(CC1CCNCC1)S(=O)(=O)c1ccn(C)c1. The minimum absolute atomic E-state index is 0.376. The number of aromatic nitrogens is 1. The Kier molecular flexibility index (Phi) is 4.09. The molecule has 18 heavy (non-hydrogen) atoms. The summed E-state index contributed by atoms with van der Waals surface area (Å²) in [4.78, 5) is 0.376. The Hall–Kier alpha value is -0.850. The standard InChI is InChI=1S/C12H21N3O2S/c1-14-8-5-12(10-14)18(16,17)15(2)9-11-3-6-13-7-4-11/h5,8,10-11,13H,3-4,6-7,9H2,1-2H3.